The molecule has 0 unspecified atom stereocenters. The molecule has 0 spiro atoms. The maximum absolute atomic E-state index is 14.1. The largest absolute Gasteiger partial charge is 0.367 e. The standard InChI is InChI=1S/C30H32ClN5O.2ClH/c1-34-15-5-8-26(34)27(22-9-11-23(31)12-10-22)30(37)36-18-16-35(17-19-36)28-24-13-14-32-29(24)33-20-25(28)21-6-3-2-4-7-21;;/h2-4,6-7,9-14,20,26-27H,5,8,15-19H2,1H3,(H,32,33);2*1H/t26-,27-;;/m0../s1. The van der Waals surface area contributed by atoms with E-state index < -0.39 is 0 Å². The molecule has 1 N–H and O–H groups in total. The molecule has 2 aliphatic heterocycles. The molecule has 39 heavy (non-hydrogen) atoms. The zero-order valence-electron chi connectivity index (χ0n) is 21.9. The van der Waals surface area contributed by atoms with Gasteiger partial charge < -0.3 is 19.7 Å². The fraction of sp³-hybridized carbons (Fsp3) is 0.333. The average Bonchev–Trinajstić information content (AvgIpc) is 3.59. The van der Waals surface area contributed by atoms with Gasteiger partial charge in [0.05, 0.1) is 11.6 Å². The summed E-state index contributed by atoms with van der Waals surface area (Å²) >= 11 is 6.18. The quantitative estimate of drug-likeness (QED) is 0.300. The third kappa shape index (κ3) is 5.75. The van der Waals surface area contributed by atoms with Gasteiger partial charge in [-0.05, 0) is 55.8 Å². The molecule has 0 aliphatic carbocycles. The molecule has 1 amide bonds. The topological polar surface area (TPSA) is 55.5 Å². The zero-order valence-corrected chi connectivity index (χ0v) is 24.3. The Balaban J connectivity index is 0.00000176. The molecule has 2 fully saturated rings. The van der Waals surface area contributed by atoms with E-state index in [1.54, 1.807) is 0 Å². The number of carbonyl (C=O) groups is 1. The number of hydrogen-bond acceptors (Lipinski definition) is 4. The summed E-state index contributed by atoms with van der Waals surface area (Å²) in [5.74, 6) is 0.0547. The molecule has 0 radical (unpaired) electrons. The highest BCUT2D eigenvalue weighted by Gasteiger charge is 2.38. The van der Waals surface area contributed by atoms with E-state index in [1.807, 2.05) is 42.7 Å². The number of aromatic nitrogens is 2. The summed E-state index contributed by atoms with van der Waals surface area (Å²) in [6.07, 6.45) is 6.08. The third-order valence-corrected chi connectivity index (χ3v) is 8.26. The normalized spacial score (nSPS) is 18.5. The maximum Gasteiger partial charge on any atom is 0.231 e. The van der Waals surface area contributed by atoms with E-state index in [1.165, 1.54) is 5.69 Å². The molecule has 206 valence electrons. The Morgan fingerprint density at radius 2 is 1.69 bits per heavy atom. The van der Waals surface area contributed by atoms with Crippen LogP contribution in [0.5, 0.6) is 0 Å². The fourth-order valence-corrected chi connectivity index (χ4v) is 6.19. The Bertz CT molecular complexity index is 1390. The van der Waals surface area contributed by atoms with Crippen LogP contribution in [0.1, 0.15) is 24.3 Å². The maximum atomic E-state index is 14.1. The van der Waals surface area contributed by atoms with Gasteiger partial charge in [-0.3, -0.25) is 4.79 Å². The first kappa shape index (κ1) is 29.2. The van der Waals surface area contributed by atoms with Crippen LogP contribution in [0.25, 0.3) is 22.2 Å². The number of piperazine rings is 1. The highest BCUT2D eigenvalue weighted by atomic mass is 35.5. The van der Waals surface area contributed by atoms with Gasteiger partial charge in [-0.2, -0.15) is 0 Å². The molecule has 4 heterocycles. The van der Waals surface area contributed by atoms with Crippen molar-refractivity contribution in [3.63, 3.8) is 0 Å². The number of rotatable bonds is 5. The highest BCUT2D eigenvalue weighted by molar-refractivity contribution is 6.30. The summed E-state index contributed by atoms with van der Waals surface area (Å²) in [5, 5.41) is 1.82. The second-order valence-corrected chi connectivity index (χ2v) is 10.6. The minimum atomic E-state index is -0.173. The SMILES string of the molecule is CN1CCC[C@H]1[C@@H](C(=O)N1CCN(c2c(-c3ccccc3)cnc3[nH]ccc23)CC1)c1ccc(Cl)cc1.Cl.Cl. The van der Waals surface area contributed by atoms with Crippen molar-refractivity contribution in [2.75, 3.05) is 44.7 Å². The van der Waals surface area contributed by atoms with Crippen molar-refractivity contribution >= 4 is 59.0 Å². The van der Waals surface area contributed by atoms with Gasteiger partial charge in [-0.25, -0.2) is 4.98 Å². The van der Waals surface area contributed by atoms with Gasteiger partial charge >= 0.3 is 0 Å². The van der Waals surface area contributed by atoms with Crippen LogP contribution in [0.15, 0.2) is 73.1 Å². The lowest BCUT2D eigenvalue weighted by molar-refractivity contribution is -0.134. The number of pyridine rings is 1. The molecule has 0 bridgehead atoms. The Hall–Kier alpha value is -2.77. The number of likely N-dealkylation sites (tertiary alicyclic amines) is 1. The van der Waals surface area contributed by atoms with Gasteiger partial charge in [0.1, 0.15) is 5.65 Å². The number of anilines is 1. The molecular formula is C30H34Cl3N5O. The van der Waals surface area contributed by atoms with Crippen molar-refractivity contribution < 1.29 is 4.79 Å². The molecule has 2 aromatic carbocycles. The van der Waals surface area contributed by atoms with Gasteiger partial charge in [0.2, 0.25) is 5.91 Å². The lowest BCUT2D eigenvalue weighted by Crippen LogP contribution is -2.52. The monoisotopic (exact) mass is 585 g/mol. The summed E-state index contributed by atoms with van der Waals surface area (Å²) in [7, 11) is 2.14. The number of fused-ring (bicyclic) bond motifs is 1. The summed E-state index contributed by atoms with van der Waals surface area (Å²) < 4.78 is 0. The molecule has 0 saturated carbocycles. The Kier molecular flexibility index (Phi) is 9.44. The van der Waals surface area contributed by atoms with Crippen molar-refractivity contribution in [3.8, 4) is 11.1 Å². The Morgan fingerprint density at radius 3 is 2.36 bits per heavy atom. The number of carbonyl (C=O) groups excluding carboxylic acids is 1. The summed E-state index contributed by atoms with van der Waals surface area (Å²) in [6, 6.07) is 20.6. The van der Waals surface area contributed by atoms with Crippen molar-refractivity contribution in [1.29, 1.82) is 0 Å². The molecule has 6 rings (SSSR count). The van der Waals surface area contributed by atoms with E-state index in [-0.39, 0.29) is 42.7 Å². The van der Waals surface area contributed by atoms with Crippen LogP contribution >= 0.6 is 36.4 Å². The van der Waals surface area contributed by atoms with Crippen LogP contribution in [0.3, 0.4) is 0 Å². The second-order valence-electron chi connectivity index (χ2n) is 10.2. The predicted octanol–water partition coefficient (Wildman–Crippen LogP) is 6.25. The van der Waals surface area contributed by atoms with Crippen LogP contribution in [-0.2, 0) is 4.79 Å². The Labute approximate surface area is 247 Å². The van der Waals surface area contributed by atoms with Crippen LogP contribution in [0, 0.1) is 0 Å². The number of likely N-dealkylation sites (N-methyl/N-ethyl adjacent to an activating group) is 1. The number of benzene rings is 2. The summed E-state index contributed by atoms with van der Waals surface area (Å²) in [6.45, 7) is 3.99. The van der Waals surface area contributed by atoms with Crippen molar-refractivity contribution in [3.05, 3.63) is 83.6 Å². The zero-order chi connectivity index (χ0) is 25.4. The van der Waals surface area contributed by atoms with E-state index in [9.17, 15) is 4.79 Å². The average molecular weight is 587 g/mol. The minimum absolute atomic E-state index is 0. The number of amides is 1. The molecule has 4 aromatic rings. The number of nitrogens with zero attached hydrogens (tertiary/aromatic N) is 4. The van der Waals surface area contributed by atoms with Crippen molar-refractivity contribution in [2.45, 2.75) is 24.8 Å². The molecule has 6 nitrogen and oxygen atoms in total. The third-order valence-electron chi connectivity index (χ3n) is 8.01. The van der Waals surface area contributed by atoms with Crippen LogP contribution in [-0.4, -0.2) is 71.5 Å². The van der Waals surface area contributed by atoms with Gasteiger partial charge in [-0.15, -0.1) is 24.8 Å². The number of aromatic amines is 1. The van der Waals surface area contributed by atoms with Gasteiger partial charge in [-0.1, -0.05) is 54.1 Å². The Morgan fingerprint density at radius 1 is 0.974 bits per heavy atom. The minimum Gasteiger partial charge on any atom is -0.367 e. The number of halogens is 3. The van der Waals surface area contributed by atoms with Gasteiger partial charge in [0.25, 0.3) is 0 Å². The van der Waals surface area contributed by atoms with E-state index in [0.29, 0.717) is 18.1 Å². The first-order valence-corrected chi connectivity index (χ1v) is 13.5. The van der Waals surface area contributed by atoms with Gasteiger partial charge in [0, 0.05) is 60.6 Å². The van der Waals surface area contributed by atoms with Gasteiger partial charge in [0.15, 0.2) is 0 Å². The van der Waals surface area contributed by atoms with E-state index in [0.717, 1.165) is 60.2 Å². The number of hydrogen-bond donors (Lipinski definition) is 1. The van der Waals surface area contributed by atoms with E-state index in [2.05, 4.69) is 62.0 Å². The molecular weight excluding hydrogens is 553 g/mol. The lowest BCUT2D eigenvalue weighted by atomic mass is 9.88. The lowest BCUT2D eigenvalue weighted by Gasteiger charge is -2.40. The molecule has 2 aliphatic rings. The van der Waals surface area contributed by atoms with E-state index >= 15 is 0 Å². The summed E-state index contributed by atoms with van der Waals surface area (Å²) in [4.78, 5) is 28.8. The first-order valence-electron chi connectivity index (χ1n) is 13.1. The van der Waals surface area contributed by atoms with Crippen molar-refractivity contribution in [2.24, 2.45) is 0 Å². The molecule has 2 saturated heterocycles. The van der Waals surface area contributed by atoms with Crippen molar-refractivity contribution in [1.82, 2.24) is 19.8 Å². The smallest absolute Gasteiger partial charge is 0.231 e. The number of H-pyrrole nitrogens is 1. The number of nitrogens with one attached hydrogen (secondary N) is 1. The molecule has 2 aromatic heterocycles. The predicted molar refractivity (Wildman–Crippen MR) is 165 cm³/mol. The molecule has 2 atom stereocenters. The van der Waals surface area contributed by atoms with Crippen LogP contribution in [0.4, 0.5) is 5.69 Å². The fourth-order valence-electron chi connectivity index (χ4n) is 6.07. The molecule has 9 heteroatoms. The van der Waals surface area contributed by atoms with Crippen LogP contribution in [0.2, 0.25) is 5.02 Å². The summed E-state index contributed by atoms with van der Waals surface area (Å²) in [5.41, 5.74) is 5.41. The van der Waals surface area contributed by atoms with Crippen LogP contribution < -0.4 is 4.90 Å². The highest BCUT2D eigenvalue weighted by Crippen LogP contribution is 2.38. The second kappa shape index (κ2) is 12.6. The van der Waals surface area contributed by atoms with E-state index in [4.69, 9.17) is 11.6 Å². The first-order chi connectivity index (χ1) is 18.1.